The summed E-state index contributed by atoms with van der Waals surface area (Å²) in [5.74, 6) is -1.63. The third kappa shape index (κ3) is 4.65. The number of benzene rings is 2. The highest BCUT2D eigenvalue weighted by Crippen LogP contribution is 2.54. The van der Waals surface area contributed by atoms with E-state index < -0.39 is 52.7 Å². The van der Waals surface area contributed by atoms with Crippen molar-refractivity contribution in [2.75, 3.05) is 7.11 Å². The van der Waals surface area contributed by atoms with Crippen molar-refractivity contribution in [2.45, 2.75) is 77.0 Å². The number of halogens is 3. The molecule has 3 aromatic rings. The Morgan fingerprint density at radius 3 is 2.40 bits per heavy atom. The molecule has 0 saturated carbocycles. The maximum Gasteiger partial charge on any atom is 0.432 e. The molecule has 42 heavy (non-hydrogen) atoms. The zero-order valence-electron chi connectivity index (χ0n) is 24.3. The number of hydrogen-bond acceptors (Lipinski definition) is 7. The summed E-state index contributed by atoms with van der Waals surface area (Å²) in [5, 5.41) is 0.492. The molecule has 0 aliphatic carbocycles. The van der Waals surface area contributed by atoms with Gasteiger partial charge in [-0.2, -0.15) is 13.2 Å². The lowest BCUT2D eigenvalue weighted by Gasteiger charge is -2.40. The van der Waals surface area contributed by atoms with Gasteiger partial charge in [0.05, 0.1) is 16.5 Å². The van der Waals surface area contributed by atoms with E-state index in [2.05, 4.69) is 0 Å². The largest absolute Gasteiger partial charge is 0.489 e. The highest BCUT2D eigenvalue weighted by Gasteiger charge is 2.64. The van der Waals surface area contributed by atoms with E-state index in [4.69, 9.17) is 23.4 Å². The van der Waals surface area contributed by atoms with E-state index in [0.29, 0.717) is 35.1 Å². The Bertz CT molecular complexity index is 1610. The highest BCUT2D eigenvalue weighted by atomic mass is 19.4. The molecule has 224 valence electrons. The predicted octanol–water partition coefficient (Wildman–Crippen LogP) is 7.04. The Balaban J connectivity index is 1.78. The van der Waals surface area contributed by atoms with E-state index in [0.717, 1.165) is 19.2 Å². The number of carbonyl (C=O) groups excluding carboxylic acids is 1. The lowest BCUT2D eigenvalue weighted by Crippen LogP contribution is -2.52. The van der Waals surface area contributed by atoms with Crippen LogP contribution in [0.25, 0.3) is 17.0 Å². The molecule has 0 unspecified atom stereocenters. The quantitative estimate of drug-likeness (QED) is 0.226. The van der Waals surface area contributed by atoms with Gasteiger partial charge in [-0.1, -0.05) is 50.6 Å². The minimum absolute atomic E-state index is 0.0529. The zero-order valence-corrected chi connectivity index (χ0v) is 24.3. The number of ether oxygens (including phenoxy) is 4. The fourth-order valence-corrected chi connectivity index (χ4v) is 5.71. The van der Waals surface area contributed by atoms with Crippen LogP contribution in [-0.4, -0.2) is 31.0 Å². The second kappa shape index (κ2) is 10.5. The van der Waals surface area contributed by atoms with Crippen molar-refractivity contribution in [1.82, 2.24) is 0 Å². The molecule has 0 spiro atoms. The summed E-state index contributed by atoms with van der Waals surface area (Å²) in [7, 11) is 0.817. The molecule has 0 bridgehead atoms. The fraction of sp³-hybridized carbons (Fsp3) is 0.438. The summed E-state index contributed by atoms with van der Waals surface area (Å²) in [6.07, 6.45) is -2.18. The minimum atomic E-state index is -5.16. The Kier molecular flexibility index (Phi) is 7.41. The molecule has 0 N–H and O–H groups in total. The molecule has 5 rings (SSSR count). The van der Waals surface area contributed by atoms with E-state index >= 15 is 0 Å². The summed E-state index contributed by atoms with van der Waals surface area (Å²) in [4.78, 5) is 26.6. The summed E-state index contributed by atoms with van der Waals surface area (Å²) in [5.41, 5.74) is -3.78. The van der Waals surface area contributed by atoms with Gasteiger partial charge in [-0.05, 0) is 44.9 Å². The first-order chi connectivity index (χ1) is 19.8. The average Bonchev–Trinajstić information content (AvgIpc) is 2.91. The lowest BCUT2D eigenvalue weighted by atomic mass is 9.84. The van der Waals surface area contributed by atoms with Crippen LogP contribution >= 0.6 is 0 Å². The van der Waals surface area contributed by atoms with Crippen molar-refractivity contribution in [1.29, 1.82) is 0 Å². The first-order valence-electron chi connectivity index (χ1n) is 13.9. The number of esters is 1. The molecule has 4 atom stereocenters. The average molecular weight is 587 g/mol. The first kappa shape index (κ1) is 29.7. The number of fused-ring (bicyclic) bond motifs is 6. The second-order valence-corrected chi connectivity index (χ2v) is 11.3. The van der Waals surface area contributed by atoms with E-state index in [1.165, 1.54) is 24.3 Å². The zero-order chi connectivity index (χ0) is 30.6. The van der Waals surface area contributed by atoms with Crippen molar-refractivity contribution in [2.24, 2.45) is 5.92 Å². The second-order valence-electron chi connectivity index (χ2n) is 11.3. The molecule has 1 aromatic heterocycles. The summed E-state index contributed by atoms with van der Waals surface area (Å²) in [6.45, 7) is 9.13. The molecule has 0 fully saturated rings. The summed E-state index contributed by atoms with van der Waals surface area (Å²) < 4.78 is 73.5. The van der Waals surface area contributed by atoms with Gasteiger partial charge in [-0.15, -0.1) is 0 Å². The monoisotopic (exact) mass is 586 g/mol. The van der Waals surface area contributed by atoms with Crippen molar-refractivity contribution < 1.29 is 41.3 Å². The standard InChI is InChI=1S/C32H33F3O7/c1-7-11-19-16-22(36)40-28-23(19)27-21(14-15-30(4,5)42-27)26-24(28)25(17(2)18(3)39-26)41-29(37)31(38-6,32(33,34)35)20-12-9-8-10-13-20/h8-10,12-18,25H,7,11H2,1-6H3/t17-,18+,25+,31+/m1/s1. The van der Waals surface area contributed by atoms with Crippen LogP contribution in [0.4, 0.5) is 13.2 Å². The Hall–Kier alpha value is -3.79. The molecule has 3 heterocycles. The van der Waals surface area contributed by atoms with Gasteiger partial charge in [-0.25, -0.2) is 9.59 Å². The number of hydrogen-bond donors (Lipinski definition) is 0. The maximum atomic E-state index is 14.7. The molecule has 2 aromatic carbocycles. The molecule has 0 saturated heterocycles. The smallest absolute Gasteiger partial charge is 0.432 e. The number of alkyl halides is 3. The first-order valence-corrected chi connectivity index (χ1v) is 13.9. The molecule has 0 amide bonds. The van der Waals surface area contributed by atoms with E-state index in [9.17, 15) is 22.8 Å². The number of carbonyl (C=O) groups is 1. The van der Waals surface area contributed by atoms with Gasteiger partial charge in [-0.3, -0.25) is 0 Å². The van der Waals surface area contributed by atoms with Crippen molar-refractivity contribution in [3.8, 4) is 11.5 Å². The fourth-order valence-electron chi connectivity index (χ4n) is 5.71. The van der Waals surface area contributed by atoms with Crippen LogP contribution in [0.3, 0.4) is 0 Å². The maximum absolute atomic E-state index is 14.7. The van der Waals surface area contributed by atoms with Crippen LogP contribution < -0.4 is 15.1 Å². The molecular formula is C32H33F3O7. The third-order valence-corrected chi connectivity index (χ3v) is 8.00. The van der Waals surface area contributed by atoms with E-state index in [-0.39, 0.29) is 16.9 Å². The van der Waals surface area contributed by atoms with E-state index in [1.807, 2.05) is 32.9 Å². The topological polar surface area (TPSA) is 84.2 Å². The Morgan fingerprint density at radius 2 is 1.79 bits per heavy atom. The van der Waals surface area contributed by atoms with Crippen LogP contribution in [0.15, 0.2) is 51.7 Å². The molecule has 2 aliphatic heterocycles. The number of rotatable bonds is 6. The molecule has 10 heteroatoms. The third-order valence-electron chi connectivity index (χ3n) is 8.00. The van der Waals surface area contributed by atoms with Crippen molar-refractivity contribution >= 4 is 23.0 Å². The highest BCUT2D eigenvalue weighted by molar-refractivity contribution is 5.97. The van der Waals surface area contributed by atoms with Crippen LogP contribution in [0, 0.1) is 5.92 Å². The van der Waals surface area contributed by atoms with Crippen LogP contribution in [0.2, 0.25) is 0 Å². The van der Waals surface area contributed by atoms with Gasteiger partial charge < -0.3 is 23.4 Å². The predicted molar refractivity (Wildman–Crippen MR) is 149 cm³/mol. The van der Waals surface area contributed by atoms with Gasteiger partial charge in [0.2, 0.25) is 0 Å². The summed E-state index contributed by atoms with van der Waals surface area (Å²) in [6, 6.07) is 8.01. The van der Waals surface area contributed by atoms with Gasteiger partial charge >= 0.3 is 17.8 Å². The van der Waals surface area contributed by atoms with Gasteiger partial charge in [0.15, 0.2) is 5.58 Å². The summed E-state index contributed by atoms with van der Waals surface area (Å²) >= 11 is 0. The Labute approximate surface area is 241 Å². The van der Waals surface area contributed by atoms with Gasteiger partial charge in [0.25, 0.3) is 5.60 Å². The molecule has 2 aliphatic rings. The number of aryl methyl sites for hydroxylation is 1. The Morgan fingerprint density at radius 1 is 1.10 bits per heavy atom. The SMILES string of the molecule is CCCc1cc(=O)oc2c3c(c4c(c12)OC(C)(C)C=C4)O[C@@H](C)[C@@H](C)[C@@H]3OC(=O)[C@@](OC)(c1ccccc1)C(F)(F)F. The van der Waals surface area contributed by atoms with Gasteiger partial charge in [0.1, 0.15) is 29.3 Å². The van der Waals surface area contributed by atoms with Gasteiger partial charge in [0, 0.05) is 24.7 Å². The molecule has 7 nitrogen and oxygen atoms in total. The van der Waals surface area contributed by atoms with Crippen LogP contribution in [0.1, 0.15) is 69.4 Å². The lowest BCUT2D eigenvalue weighted by molar-refractivity contribution is -0.279. The number of methoxy groups -OCH3 is 1. The molecule has 0 radical (unpaired) electrons. The minimum Gasteiger partial charge on any atom is -0.489 e. The van der Waals surface area contributed by atoms with Crippen molar-refractivity contribution in [3.05, 3.63) is 75.1 Å². The van der Waals surface area contributed by atoms with Crippen LogP contribution in [-0.2, 0) is 26.3 Å². The normalized spacial score (nSPS) is 22.4. The van der Waals surface area contributed by atoms with E-state index in [1.54, 1.807) is 13.8 Å². The van der Waals surface area contributed by atoms with Crippen LogP contribution in [0.5, 0.6) is 11.5 Å². The molecular weight excluding hydrogens is 553 g/mol. The van der Waals surface area contributed by atoms with Crippen molar-refractivity contribution in [3.63, 3.8) is 0 Å².